The van der Waals surface area contributed by atoms with Gasteiger partial charge in [-0.1, -0.05) is 81.8 Å². The van der Waals surface area contributed by atoms with E-state index >= 15 is 0 Å². The Balaban J connectivity index is 1.39. The standard InChI is InChI=1S/C40H44N2O5/c1-25-12-15-28(16-13-25)41-35(45)24-47-33-17-14-27(18-34(33)46-6)36-37-29(19-39(2,3)21-31(37)43)42(23-26-10-8-7-9-11-26)30-20-40(4,5)22-32(44)38(30)36/h7-18,36H,19-24H2,1-6H3,(H,41,45). The molecule has 0 radical (unpaired) electrons. The molecule has 6 rings (SSSR count). The van der Waals surface area contributed by atoms with Crippen molar-refractivity contribution in [1.29, 1.82) is 0 Å². The lowest BCUT2D eigenvalue weighted by atomic mass is 9.63. The van der Waals surface area contributed by atoms with Crippen LogP contribution < -0.4 is 14.8 Å². The van der Waals surface area contributed by atoms with Gasteiger partial charge in [0.25, 0.3) is 5.91 Å². The monoisotopic (exact) mass is 632 g/mol. The van der Waals surface area contributed by atoms with Crippen molar-refractivity contribution in [2.45, 2.75) is 72.8 Å². The first kappa shape index (κ1) is 32.3. The molecule has 0 saturated carbocycles. The van der Waals surface area contributed by atoms with Crippen LogP contribution in [0.2, 0.25) is 0 Å². The number of hydrogen-bond acceptors (Lipinski definition) is 6. The van der Waals surface area contributed by atoms with Gasteiger partial charge in [0.05, 0.1) is 7.11 Å². The van der Waals surface area contributed by atoms with Crippen LogP contribution in [-0.4, -0.2) is 36.1 Å². The number of anilines is 1. The number of nitrogens with zero attached hydrogens (tertiary/aromatic N) is 1. The smallest absolute Gasteiger partial charge is 0.262 e. The molecule has 2 aliphatic carbocycles. The van der Waals surface area contributed by atoms with Gasteiger partial charge in [0.1, 0.15) is 0 Å². The van der Waals surface area contributed by atoms with E-state index in [-0.39, 0.29) is 34.9 Å². The lowest BCUT2D eigenvalue weighted by Gasteiger charge is -2.49. The van der Waals surface area contributed by atoms with E-state index < -0.39 is 5.92 Å². The molecule has 7 heteroatoms. The molecule has 47 heavy (non-hydrogen) atoms. The Hall–Kier alpha value is -4.65. The number of rotatable bonds is 8. The SMILES string of the molecule is COc1cc(C2C3=C(CC(C)(C)CC3=O)N(Cc3ccccc3)C3=C2C(=O)CC(C)(C)C3)ccc1OCC(=O)Nc1ccc(C)cc1. The summed E-state index contributed by atoms with van der Waals surface area (Å²) in [6, 6.07) is 23.4. The number of carbonyl (C=O) groups excluding carboxylic acids is 3. The Kier molecular flexibility index (Phi) is 8.60. The summed E-state index contributed by atoms with van der Waals surface area (Å²) in [5.41, 5.74) is 6.75. The van der Waals surface area contributed by atoms with E-state index in [1.165, 1.54) is 0 Å². The molecule has 0 saturated heterocycles. The normalized spacial score (nSPS) is 18.9. The number of methoxy groups -OCH3 is 1. The minimum Gasteiger partial charge on any atom is -0.493 e. The zero-order chi connectivity index (χ0) is 33.5. The molecule has 0 unspecified atom stereocenters. The van der Waals surface area contributed by atoms with E-state index in [0.717, 1.165) is 40.9 Å². The first-order valence-electron chi connectivity index (χ1n) is 16.4. The molecular formula is C40H44N2O5. The van der Waals surface area contributed by atoms with Gasteiger partial charge in [0.2, 0.25) is 0 Å². The molecule has 3 aromatic rings. The highest BCUT2D eigenvalue weighted by Crippen LogP contribution is 2.55. The largest absolute Gasteiger partial charge is 0.493 e. The van der Waals surface area contributed by atoms with Gasteiger partial charge in [-0.05, 0) is 66.0 Å². The molecule has 0 spiro atoms. The minimum absolute atomic E-state index is 0.0792. The van der Waals surface area contributed by atoms with Gasteiger partial charge in [0.15, 0.2) is 29.7 Å². The minimum atomic E-state index is -0.507. The number of Topliss-reactive ketones (excluding diaryl/α,β-unsaturated/α-hetero) is 2. The highest BCUT2D eigenvalue weighted by atomic mass is 16.5. The van der Waals surface area contributed by atoms with E-state index in [2.05, 4.69) is 50.0 Å². The van der Waals surface area contributed by atoms with Crippen molar-refractivity contribution < 1.29 is 23.9 Å². The van der Waals surface area contributed by atoms with Crippen LogP contribution in [0.4, 0.5) is 5.69 Å². The van der Waals surface area contributed by atoms with Crippen molar-refractivity contribution in [3.05, 3.63) is 112 Å². The van der Waals surface area contributed by atoms with Crippen molar-refractivity contribution in [3.8, 4) is 11.5 Å². The maximum Gasteiger partial charge on any atom is 0.262 e. The summed E-state index contributed by atoms with van der Waals surface area (Å²) in [6.45, 7) is 11.0. The van der Waals surface area contributed by atoms with E-state index in [1.54, 1.807) is 13.2 Å². The molecule has 3 aromatic carbocycles. The second kappa shape index (κ2) is 12.5. The third-order valence-corrected chi connectivity index (χ3v) is 9.42. The topological polar surface area (TPSA) is 84.9 Å². The number of ketones is 2. The summed E-state index contributed by atoms with van der Waals surface area (Å²) < 4.78 is 11.7. The average molecular weight is 633 g/mol. The van der Waals surface area contributed by atoms with Crippen molar-refractivity contribution in [3.63, 3.8) is 0 Å². The summed E-state index contributed by atoms with van der Waals surface area (Å²) in [7, 11) is 1.55. The number of carbonyl (C=O) groups is 3. The number of amides is 1. The van der Waals surface area contributed by atoms with Crippen LogP contribution in [0, 0.1) is 17.8 Å². The fourth-order valence-electron chi connectivity index (χ4n) is 7.30. The van der Waals surface area contributed by atoms with Crippen molar-refractivity contribution in [2.75, 3.05) is 19.0 Å². The fourth-order valence-corrected chi connectivity index (χ4v) is 7.30. The molecule has 0 bridgehead atoms. The molecular weight excluding hydrogens is 588 g/mol. The van der Waals surface area contributed by atoms with Gasteiger partial charge in [0, 0.05) is 53.5 Å². The highest BCUT2D eigenvalue weighted by molar-refractivity contribution is 6.07. The maximum atomic E-state index is 14.2. The molecule has 1 N–H and O–H groups in total. The van der Waals surface area contributed by atoms with Gasteiger partial charge in [-0.25, -0.2) is 0 Å². The third-order valence-electron chi connectivity index (χ3n) is 9.42. The lowest BCUT2D eigenvalue weighted by molar-refractivity contribution is -0.120. The highest BCUT2D eigenvalue weighted by Gasteiger charge is 2.49. The summed E-state index contributed by atoms with van der Waals surface area (Å²) in [5.74, 6) is 0.209. The second-order valence-corrected chi connectivity index (χ2v) is 14.7. The summed E-state index contributed by atoms with van der Waals surface area (Å²) in [4.78, 5) is 43.3. The van der Waals surface area contributed by atoms with E-state index in [4.69, 9.17) is 9.47 Å². The molecule has 1 heterocycles. The number of hydrogen-bond donors (Lipinski definition) is 1. The van der Waals surface area contributed by atoms with Crippen LogP contribution in [0.15, 0.2) is 95.3 Å². The van der Waals surface area contributed by atoms with Crippen LogP contribution >= 0.6 is 0 Å². The molecule has 0 fully saturated rings. The first-order chi connectivity index (χ1) is 22.3. The second-order valence-electron chi connectivity index (χ2n) is 14.7. The molecule has 1 aliphatic heterocycles. The van der Waals surface area contributed by atoms with Crippen LogP contribution in [-0.2, 0) is 20.9 Å². The number of ether oxygens (including phenoxy) is 2. The van der Waals surface area contributed by atoms with Crippen molar-refractivity contribution >= 4 is 23.2 Å². The maximum absolute atomic E-state index is 14.2. The van der Waals surface area contributed by atoms with E-state index in [9.17, 15) is 14.4 Å². The van der Waals surface area contributed by atoms with Gasteiger partial charge >= 0.3 is 0 Å². The van der Waals surface area contributed by atoms with Crippen molar-refractivity contribution in [2.24, 2.45) is 10.8 Å². The van der Waals surface area contributed by atoms with Gasteiger partial charge in [-0.15, -0.1) is 0 Å². The van der Waals surface area contributed by atoms with Gasteiger partial charge < -0.3 is 19.7 Å². The zero-order valence-corrected chi connectivity index (χ0v) is 28.2. The summed E-state index contributed by atoms with van der Waals surface area (Å²) in [6.07, 6.45) is 2.30. The summed E-state index contributed by atoms with van der Waals surface area (Å²) >= 11 is 0. The lowest BCUT2D eigenvalue weighted by Crippen LogP contribution is -2.44. The number of aryl methyl sites for hydroxylation is 1. The van der Waals surface area contributed by atoms with Crippen LogP contribution in [0.5, 0.6) is 11.5 Å². The molecule has 244 valence electrons. The fraction of sp³-hybridized carbons (Fsp3) is 0.375. The Morgan fingerprint density at radius 2 is 1.40 bits per heavy atom. The number of allylic oxidation sites excluding steroid dienone is 4. The Morgan fingerprint density at radius 3 is 1.98 bits per heavy atom. The van der Waals surface area contributed by atoms with Gasteiger partial charge in [-0.3, -0.25) is 14.4 Å². The Bertz CT molecular complexity index is 1730. The Labute approximate surface area is 277 Å². The first-order valence-corrected chi connectivity index (χ1v) is 16.4. The molecule has 3 aliphatic rings. The molecule has 0 atom stereocenters. The van der Waals surface area contributed by atoms with Crippen molar-refractivity contribution in [1.82, 2.24) is 4.90 Å². The van der Waals surface area contributed by atoms with Crippen LogP contribution in [0.1, 0.15) is 76.0 Å². The van der Waals surface area contributed by atoms with Gasteiger partial charge in [-0.2, -0.15) is 0 Å². The summed E-state index contributed by atoms with van der Waals surface area (Å²) in [5, 5.41) is 2.85. The van der Waals surface area contributed by atoms with Crippen LogP contribution in [0.25, 0.3) is 0 Å². The predicted octanol–water partition coefficient (Wildman–Crippen LogP) is 7.91. The Morgan fingerprint density at radius 1 is 0.809 bits per heavy atom. The quantitative estimate of drug-likeness (QED) is 0.272. The van der Waals surface area contributed by atoms with E-state index in [1.807, 2.05) is 61.5 Å². The predicted molar refractivity (Wildman–Crippen MR) is 183 cm³/mol. The van der Waals surface area contributed by atoms with E-state index in [0.29, 0.717) is 47.7 Å². The average Bonchev–Trinajstić information content (AvgIpc) is 3.01. The third kappa shape index (κ3) is 6.76. The number of benzene rings is 3. The number of nitrogens with one attached hydrogen (secondary N) is 1. The zero-order valence-electron chi connectivity index (χ0n) is 28.2. The molecule has 7 nitrogen and oxygen atoms in total. The molecule has 0 aromatic heterocycles. The van der Waals surface area contributed by atoms with Crippen LogP contribution in [0.3, 0.4) is 0 Å². The molecule has 1 amide bonds.